The Labute approximate surface area is 97.8 Å². The average molecular weight is 359 g/mol. The lowest BCUT2D eigenvalue weighted by Gasteiger charge is -2.02. The van der Waals surface area contributed by atoms with Crippen molar-refractivity contribution in [2.24, 2.45) is 0 Å². The third-order valence-corrected chi connectivity index (χ3v) is 3.41. The molecule has 1 aromatic carbocycles. The van der Waals surface area contributed by atoms with Gasteiger partial charge in [-0.2, -0.15) is 0 Å². The number of ketones is 1. The van der Waals surface area contributed by atoms with E-state index in [0.29, 0.717) is 10.6 Å². The minimum absolute atomic E-state index is 0.0146. The molecule has 0 saturated carbocycles. The largest absolute Gasteiger partial charge is 0.294 e. The Morgan fingerprint density at radius 2 is 2.17 bits per heavy atom. The first-order valence-corrected chi connectivity index (χ1v) is 5.43. The molecular formula is C8H5BrClIO. The highest BCUT2D eigenvalue weighted by Crippen LogP contribution is 2.27. The molecule has 0 saturated heterocycles. The molecule has 0 aliphatic carbocycles. The quantitative estimate of drug-likeness (QED) is 0.422. The third kappa shape index (κ3) is 2.20. The van der Waals surface area contributed by atoms with Gasteiger partial charge in [0, 0.05) is 13.6 Å². The molecule has 0 radical (unpaired) electrons. The van der Waals surface area contributed by atoms with Gasteiger partial charge in [0.15, 0.2) is 5.78 Å². The predicted octanol–water partition coefficient (Wildman–Crippen LogP) is 3.91. The van der Waals surface area contributed by atoms with Crippen LogP contribution in [0.3, 0.4) is 0 Å². The fourth-order valence-electron chi connectivity index (χ4n) is 0.812. The van der Waals surface area contributed by atoms with Crippen molar-refractivity contribution in [2.45, 2.75) is 6.92 Å². The summed E-state index contributed by atoms with van der Waals surface area (Å²) in [5.74, 6) is -0.0146. The first kappa shape index (κ1) is 10.5. The maximum absolute atomic E-state index is 11.1. The highest BCUT2D eigenvalue weighted by molar-refractivity contribution is 14.1. The molecule has 1 nitrogen and oxygen atoms in total. The molecule has 0 aliphatic rings. The van der Waals surface area contributed by atoms with E-state index in [-0.39, 0.29) is 5.78 Å². The Morgan fingerprint density at radius 3 is 2.67 bits per heavy atom. The van der Waals surface area contributed by atoms with Crippen molar-refractivity contribution in [2.75, 3.05) is 0 Å². The Balaban J connectivity index is 3.37. The van der Waals surface area contributed by atoms with Crippen LogP contribution in [0.25, 0.3) is 0 Å². The van der Waals surface area contributed by atoms with Crippen molar-refractivity contribution >= 4 is 55.9 Å². The molecule has 12 heavy (non-hydrogen) atoms. The van der Waals surface area contributed by atoms with Crippen LogP contribution in [0.1, 0.15) is 17.3 Å². The van der Waals surface area contributed by atoms with Crippen molar-refractivity contribution in [1.82, 2.24) is 0 Å². The van der Waals surface area contributed by atoms with Crippen molar-refractivity contribution < 1.29 is 4.79 Å². The highest BCUT2D eigenvalue weighted by atomic mass is 127. The zero-order valence-corrected chi connectivity index (χ0v) is 10.7. The van der Waals surface area contributed by atoms with E-state index < -0.39 is 0 Å². The normalized spacial score (nSPS) is 10.0. The van der Waals surface area contributed by atoms with Crippen LogP contribution in [-0.4, -0.2) is 5.78 Å². The van der Waals surface area contributed by atoms with Gasteiger partial charge in [-0.15, -0.1) is 0 Å². The highest BCUT2D eigenvalue weighted by Gasteiger charge is 2.09. The fraction of sp³-hybridized carbons (Fsp3) is 0.125. The van der Waals surface area contributed by atoms with Gasteiger partial charge in [0.05, 0.1) is 5.02 Å². The molecular weight excluding hydrogens is 354 g/mol. The molecule has 1 rings (SSSR count). The topological polar surface area (TPSA) is 17.1 Å². The van der Waals surface area contributed by atoms with Crippen molar-refractivity contribution in [3.8, 4) is 0 Å². The number of benzene rings is 1. The van der Waals surface area contributed by atoms with Crippen LogP contribution in [0, 0.1) is 3.57 Å². The summed E-state index contributed by atoms with van der Waals surface area (Å²) < 4.78 is 1.76. The lowest BCUT2D eigenvalue weighted by Crippen LogP contribution is -1.94. The van der Waals surface area contributed by atoms with Gasteiger partial charge in [0.2, 0.25) is 0 Å². The van der Waals surface area contributed by atoms with Crippen LogP contribution in [0.2, 0.25) is 5.02 Å². The Bertz CT molecular complexity index is 338. The first-order chi connectivity index (χ1) is 5.52. The standard InChI is InChI=1S/C8H5BrClIO/c1-4(12)6-2-5(9)3-7(11)8(6)10/h2-3H,1H3. The van der Waals surface area contributed by atoms with Crippen molar-refractivity contribution in [3.63, 3.8) is 0 Å². The molecule has 1 aromatic rings. The van der Waals surface area contributed by atoms with Gasteiger partial charge in [-0.05, 0) is 41.6 Å². The van der Waals surface area contributed by atoms with E-state index >= 15 is 0 Å². The minimum atomic E-state index is -0.0146. The lowest BCUT2D eigenvalue weighted by atomic mass is 10.1. The molecule has 64 valence electrons. The molecule has 0 unspecified atom stereocenters. The fourth-order valence-corrected chi connectivity index (χ4v) is 2.57. The molecule has 0 aliphatic heterocycles. The van der Waals surface area contributed by atoms with Crippen LogP contribution >= 0.6 is 50.1 Å². The van der Waals surface area contributed by atoms with Gasteiger partial charge in [-0.25, -0.2) is 0 Å². The molecule has 0 atom stereocenters. The lowest BCUT2D eigenvalue weighted by molar-refractivity contribution is 0.101. The molecule has 0 aromatic heterocycles. The van der Waals surface area contributed by atoms with Crippen LogP contribution in [-0.2, 0) is 0 Å². The number of Topliss-reactive ketones (excluding diaryl/α,β-unsaturated/α-hetero) is 1. The molecule has 0 fully saturated rings. The van der Waals surface area contributed by atoms with Gasteiger partial charge in [0.1, 0.15) is 0 Å². The van der Waals surface area contributed by atoms with E-state index in [9.17, 15) is 4.79 Å². The summed E-state index contributed by atoms with van der Waals surface area (Å²) in [6.45, 7) is 1.50. The minimum Gasteiger partial charge on any atom is -0.294 e. The summed E-state index contributed by atoms with van der Waals surface area (Å²) in [5.41, 5.74) is 0.565. The smallest absolute Gasteiger partial charge is 0.161 e. The van der Waals surface area contributed by atoms with Gasteiger partial charge in [-0.3, -0.25) is 4.79 Å². The predicted molar refractivity (Wildman–Crippen MR) is 61.9 cm³/mol. The van der Waals surface area contributed by atoms with E-state index in [2.05, 4.69) is 38.5 Å². The van der Waals surface area contributed by atoms with Crippen LogP contribution in [0.4, 0.5) is 0 Å². The zero-order chi connectivity index (χ0) is 9.30. The summed E-state index contributed by atoms with van der Waals surface area (Å²) in [5, 5.41) is 0.534. The molecule has 0 amide bonds. The first-order valence-electron chi connectivity index (χ1n) is 3.18. The van der Waals surface area contributed by atoms with Crippen molar-refractivity contribution in [3.05, 3.63) is 30.8 Å². The molecule has 0 N–H and O–H groups in total. The van der Waals surface area contributed by atoms with E-state index in [1.165, 1.54) is 6.92 Å². The summed E-state index contributed by atoms with van der Waals surface area (Å²) in [6, 6.07) is 3.60. The van der Waals surface area contributed by atoms with E-state index in [1.54, 1.807) is 6.07 Å². The van der Waals surface area contributed by atoms with Gasteiger partial charge in [-0.1, -0.05) is 27.5 Å². The average Bonchev–Trinajstić information content (AvgIpc) is 1.96. The van der Waals surface area contributed by atoms with Crippen LogP contribution in [0.5, 0.6) is 0 Å². The number of rotatable bonds is 1. The summed E-state index contributed by atoms with van der Waals surface area (Å²) in [7, 11) is 0. The second-order valence-corrected chi connectivity index (χ2v) is 4.76. The summed E-state index contributed by atoms with van der Waals surface area (Å²) in [6.07, 6.45) is 0. The second-order valence-electron chi connectivity index (χ2n) is 2.31. The summed E-state index contributed by atoms with van der Waals surface area (Å²) in [4.78, 5) is 11.1. The van der Waals surface area contributed by atoms with Crippen LogP contribution < -0.4 is 0 Å². The number of carbonyl (C=O) groups excluding carboxylic acids is 1. The number of hydrogen-bond donors (Lipinski definition) is 0. The van der Waals surface area contributed by atoms with Gasteiger partial charge in [0.25, 0.3) is 0 Å². The molecule has 4 heteroatoms. The van der Waals surface area contributed by atoms with E-state index in [0.717, 1.165) is 8.04 Å². The maximum atomic E-state index is 11.1. The summed E-state index contributed by atoms with van der Waals surface area (Å²) >= 11 is 11.3. The second kappa shape index (κ2) is 4.07. The van der Waals surface area contributed by atoms with E-state index in [1.807, 2.05) is 6.07 Å². The maximum Gasteiger partial charge on any atom is 0.161 e. The molecule has 0 spiro atoms. The van der Waals surface area contributed by atoms with Crippen molar-refractivity contribution in [1.29, 1.82) is 0 Å². The SMILES string of the molecule is CC(=O)c1cc(Br)cc(I)c1Cl. The number of halogens is 3. The number of hydrogen-bond acceptors (Lipinski definition) is 1. The Hall–Kier alpha value is 0.390. The van der Waals surface area contributed by atoms with Gasteiger partial charge < -0.3 is 0 Å². The number of carbonyl (C=O) groups is 1. The third-order valence-electron chi connectivity index (χ3n) is 1.37. The molecule has 0 bridgehead atoms. The Morgan fingerprint density at radius 1 is 1.58 bits per heavy atom. The zero-order valence-electron chi connectivity index (χ0n) is 6.20. The van der Waals surface area contributed by atoms with E-state index in [4.69, 9.17) is 11.6 Å². The monoisotopic (exact) mass is 358 g/mol. The van der Waals surface area contributed by atoms with Crippen LogP contribution in [0.15, 0.2) is 16.6 Å². The Kier molecular flexibility index (Phi) is 3.55. The van der Waals surface area contributed by atoms with Gasteiger partial charge >= 0.3 is 0 Å². The molecule has 0 heterocycles.